The van der Waals surface area contributed by atoms with Crippen LogP contribution in [0.5, 0.6) is 0 Å². The van der Waals surface area contributed by atoms with Crippen molar-refractivity contribution in [2.24, 2.45) is 5.92 Å². The van der Waals surface area contributed by atoms with Crippen LogP contribution in [0.2, 0.25) is 0 Å². The number of alkyl halides is 2. The molecule has 0 rings (SSSR count). The zero-order valence-corrected chi connectivity index (χ0v) is 7.28. The van der Waals surface area contributed by atoms with E-state index in [0.717, 1.165) is 6.08 Å². The summed E-state index contributed by atoms with van der Waals surface area (Å²) in [6, 6.07) is 0. The summed E-state index contributed by atoms with van der Waals surface area (Å²) in [5.41, 5.74) is 0.493. The Kier molecular flexibility index (Phi) is 5.51. The van der Waals surface area contributed by atoms with Crippen LogP contribution < -0.4 is 0 Å². The molecule has 0 aliphatic carbocycles. The summed E-state index contributed by atoms with van der Waals surface area (Å²) in [7, 11) is 0. The molecule has 0 amide bonds. The molecule has 0 atom stereocenters. The van der Waals surface area contributed by atoms with Gasteiger partial charge in [0.25, 0.3) is 0 Å². The van der Waals surface area contributed by atoms with Crippen LogP contribution in [0.1, 0.15) is 13.8 Å². The van der Waals surface area contributed by atoms with Crippen molar-refractivity contribution in [2.45, 2.75) is 13.8 Å². The molecule has 0 bridgehead atoms. The second-order valence-electron chi connectivity index (χ2n) is 2.74. The summed E-state index contributed by atoms with van der Waals surface area (Å²) in [5, 5.41) is 0. The van der Waals surface area contributed by atoms with Crippen molar-refractivity contribution in [2.75, 3.05) is 13.3 Å². The first-order valence-corrected chi connectivity index (χ1v) is 3.79. The van der Waals surface area contributed by atoms with Gasteiger partial charge in [-0.05, 0) is 17.6 Å². The van der Waals surface area contributed by atoms with E-state index in [9.17, 15) is 13.2 Å². The normalized spacial score (nSPS) is 14.2. The van der Waals surface area contributed by atoms with Gasteiger partial charge in [0.2, 0.25) is 0 Å². The van der Waals surface area contributed by atoms with Gasteiger partial charge in [0, 0.05) is 0 Å². The van der Waals surface area contributed by atoms with Crippen LogP contribution >= 0.6 is 0 Å². The standard InChI is InChI=1S/C9H13F3/c1-7(2)8(3-4-10)5-9(12)6-11/h3,5,7H,4,6H2,1-2H3/b8-3+,9-5+. The minimum atomic E-state index is -1.13. The van der Waals surface area contributed by atoms with Crippen LogP contribution in [0, 0.1) is 5.92 Å². The number of halogens is 3. The molecule has 0 N–H and O–H groups in total. The quantitative estimate of drug-likeness (QED) is 0.579. The number of rotatable bonds is 4. The van der Waals surface area contributed by atoms with E-state index in [-0.39, 0.29) is 5.92 Å². The largest absolute Gasteiger partial charge is 0.247 e. The van der Waals surface area contributed by atoms with Crippen molar-refractivity contribution in [1.29, 1.82) is 0 Å². The van der Waals surface area contributed by atoms with Gasteiger partial charge in [0.05, 0.1) is 0 Å². The van der Waals surface area contributed by atoms with Gasteiger partial charge in [-0.25, -0.2) is 13.2 Å². The molecule has 0 fully saturated rings. The molecule has 0 nitrogen and oxygen atoms in total. The molecular weight excluding hydrogens is 165 g/mol. The zero-order chi connectivity index (χ0) is 9.56. The second kappa shape index (κ2) is 5.86. The van der Waals surface area contributed by atoms with E-state index in [1.807, 2.05) is 0 Å². The lowest BCUT2D eigenvalue weighted by atomic mass is 10.0. The van der Waals surface area contributed by atoms with Crippen molar-refractivity contribution < 1.29 is 13.2 Å². The minimum absolute atomic E-state index is 0.0121. The SMILES string of the molecule is CC(C)C(=C/CF)/C=C(/F)CF. The summed E-state index contributed by atoms with van der Waals surface area (Å²) in [6.07, 6.45) is 2.30. The predicted molar refractivity (Wildman–Crippen MR) is 44.1 cm³/mol. The van der Waals surface area contributed by atoms with E-state index >= 15 is 0 Å². The topological polar surface area (TPSA) is 0 Å². The Hall–Kier alpha value is -0.730. The molecule has 0 unspecified atom stereocenters. The molecular formula is C9H13F3. The van der Waals surface area contributed by atoms with Crippen molar-refractivity contribution >= 4 is 0 Å². The summed E-state index contributed by atoms with van der Waals surface area (Å²) in [4.78, 5) is 0. The van der Waals surface area contributed by atoms with Gasteiger partial charge in [0.15, 0.2) is 0 Å². The third kappa shape index (κ3) is 4.21. The predicted octanol–water partition coefficient (Wildman–Crippen LogP) is 3.36. The maximum Gasteiger partial charge on any atom is 0.141 e. The van der Waals surface area contributed by atoms with E-state index in [4.69, 9.17) is 0 Å². The highest BCUT2D eigenvalue weighted by molar-refractivity contribution is 5.23. The summed E-state index contributed by atoms with van der Waals surface area (Å²) >= 11 is 0. The average molecular weight is 178 g/mol. The molecule has 0 spiro atoms. The molecule has 70 valence electrons. The fourth-order valence-electron chi connectivity index (χ4n) is 0.770. The van der Waals surface area contributed by atoms with E-state index in [1.54, 1.807) is 13.8 Å². The third-order valence-electron chi connectivity index (χ3n) is 1.43. The van der Waals surface area contributed by atoms with Crippen molar-refractivity contribution in [1.82, 2.24) is 0 Å². The molecule has 0 heterocycles. The first-order valence-electron chi connectivity index (χ1n) is 3.79. The summed E-state index contributed by atoms with van der Waals surface area (Å²) < 4.78 is 35.9. The van der Waals surface area contributed by atoms with Gasteiger partial charge >= 0.3 is 0 Å². The number of hydrogen-bond acceptors (Lipinski definition) is 0. The minimum Gasteiger partial charge on any atom is -0.247 e. The molecule has 0 saturated carbocycles. The van der Waals surface area contributed by atoms with Crippen LogP contribution in [0.15, 0.2) is 23.6 Å². The van der Waals surface area contributed by atoms with Crippen molar-refractivity contribution in [3.8, 4) is 0 Å². The Morgan fingerprint density at radius 1 is 1.33 bits per heavy atom. The molecule has 0 radical (unpaired) electrons. The lowest BCUT2D eigenvalue weighted by Crippen LogP contribution is -1.93. The van der Waals surface area contributed by atoms with Gasteiger partial charge in [0.1, 0.15) is 19.2 Å². The van der Waals surface area contributed by atoms with Crippen LogP contribution in [0.25, 0.3) is 0 Å². The Morgan fingerprint density at radius 3 is 2.25 bits per heavy atom. The summed E-state index contributed by atoms with van der Waals surface area (Å²) in [6.45, 7) is 1.81. The highest BCUT2D eigenvalue weighted by Gasteiger charge is 2.01. The number of hydrogen-bond donors (Lipinski definition) is 0. The molecule has 12 heavy (non-hydrogen) atoms. The molecule has 3 heteroatoms. The second-order valence-corrected chi connectivity index (χ2v) is 2.74. The fourth-order valence-corrected chi connectivity index (χ4v) is 0.770. The lowest BCUT2D eigenvalue weighted by molar-refractivity contribution is 0.458. The van der Waals surface area contributed by atoms with Gasteiger partial charge in [-0.2, -0.15) is 0 Å². The van der Waals surface area contributed by atoms with Crippen molar-refractivity contribution in [3.63, 3.8) is 0 Å². The van der Waals surface area contributed by atoms with E-state index < -0.39 is 19.2 Å². The first kappa shape index (κ1) is 11.3. The van der Waals surface area contributed by atoms with Crippen LogP contribution in [0.4, 0.5) is 13.2 Å². The molecule has 0 aromatic carbocycles. The van der Waals surface area contributed by atoms with E-state index in [1.165, 1.54) is 6.08 Å². The van der Waals surface area contributed by atoms with E-state index in [2.05, 4.69) is 0 Å². The molecule has 0 saturated heterocycles. The Labute approximate surface area is 70.8 Å². The molecule has 0 aromatic heterocycles. The Morgan fingerprint density at radius 2 is 1.92 bits per heavy atom. The molecule has 0 aromatic rings. The van der Waals surface area contributed by atoms with Crippen molar-refractivity contribution in [3.05, 3.63) is 23.6 Å². The molecule has 0 aliphatic heterocycles. The first-order chi connectivity index (χ1) is 5.61. The van der Waals surface area contributed by atoms with Crippen LogP contribution in [-0.4, -0.2) is 13.3 Å². The zero-order valence-electron chi connectivity index (χ0n) is 7.28. The maximum atomic E-state index is 12.4. The van der Waals surface area contributed by atoms with Gasteiger partial charge in [-0.15, -0.1) is 0 Å². The highest BCUT2D eigenvalue weighted by atomic mass is 19.2. The van der Waals surface area contributed by atoms with Crippen LogP contribution in [0.3, 0.4) is 0 Å². The number of allylic oxidation sites excluding steroid dienone is 4. The monoisotopic (exact) mass is 178 g/mol. The third-order valence-corrected chi connectivity index (χ3v) is 1.43. The highest BCUT2D eigenvalue weighted by Crippen LogP contribution is 2.14. The smallest absolute Gasteiger partial charge is 0.141 e. The Balaban J connectivity index is 4.43. The Bertz CT molecular complexity index is 180. The average Bonchev–Trinajstić information content (AvgIpc) is 2.03. The van der Waals surface area contributed by atoms with Crippen LogP contribution in [-0.2, 0) is 0 Å². The van der Waals surface area contributed by atoms with Gasteiger partial charge < -0.3 is 0 Å². The van der Waals surface area contributed by atoms with E-state index in [0.29, 0.717) is 5.57 Å². The molecule has 0 aliphatic rings. The summed E-state index contributed by atoms with van der Waals surface area (Å²) in [5.74, 6) is -0.846. The lowest BCUT2D eigenvalue weighted by Gasteiger charge is -2.04. The van der Waals surface area contributed by atoms with Gasteiger partial charge in [-0.1, -0.05) is 19.9 Å². The van der Waals surface area contributed by atoms with Gasteiger partial charge in [-0.3, -0.25) is 0 Å². The fraction of sp³-hybridized carbons (Fsp3) is 0.556. The maximum absolute atomic E-state index is 12.4.